The van der Waals surface area contributed by atoms with Crippen LogP contribution in [0.5, 0.6) is 6.01 Å². The van der Waals surface area contributed by atoms with E-state index in [0.29, 0.717) is 41.0 Å². The highest BCUT2D eigenvalue weighted by Gasteiger charge is 2.41. The number of aromatic amines is 1. The first-order valence-electron chi connectivity index (χ1n) is 14.5. The third-order valence-corrected chi connectivity index (χ3v) is 7.95. The topological polar surface area (TPSA) is 120 Å². The van der Waals surface area contributed by atoms with Crippen LogP contribution < -0.4 is 10.1 Å². The maximum atomic E-state index is 13.7. The Morgan fingerprint density at radius 2 is 1.83 bits per heavy atom. The Kier molecular flexibility index (Phi) is 8.27. The van der Waals surface area contributed by atoms with E-state index < -0.39 is 11.7 Å². The van der Waals surface area contributed by atoms with Crippen molar-refractivity contribution in [3.63, 3.8) is 0 Å². The van der Waals surface area contributed by atoms with Crippen molar-refractivity contribution in [3.05, 3.63) is 48.2 Å². The van der Waals surface area contributed by atoms with Gasteiger partial charge in [0, 0.05) is 24.9 Å². The molecule has 1 atom stereocenters. The summed E-state index contributed by atoms with van der Waals surface area (Å²) in [7, 11) is 0. The van der Waals surface area contributed by atoms with E-state index in [2.05, 4.69) is 20.3 Å². The molecule has 3 aromatic rings. The third-order valence-electron chi connectivity index (χ3n) is 7.95. The lowest BCUT2D eigenvalue weighted by Gasteiger charge is -2.35. The summed E-state index contributed by atoms with van der Waals surface area (Å²) in [4.78, 5) is 30.1. The molecule has 0 radical (unpaired) electrons. The maximum Gasteiger partial charge on any atom is 0.317 e. The minimum Gasteiger partial charge on any atom is -0.460 e. The maximum absolute atomic E-state index is 13.7. The van der Waals surface area contributed by atoms with Crippen LogP contribution in [0.3, 0.4) is 0 Å². The molecule has 1 aromatic carbocycles. The zero-order chi connectivity index (χ0) is 28.2. The van der Waals surface area contributed by atoms with Gasteiger partial charge in [0.15, 0.2) is 5.82 Å². The number of imidazole rings is 1. The molecule has 2 aromatic heterocycles. The van der Waals surface area contributed by atoms with Crippen LogP contribution >= 0.6 is 0 Å². The molecule has 3 aliphatic rings. The second-order valence-electron chi connectivity index (χ2n) is 11.3. The minimum atomic E-state index is -0.845. The summed E-state index contributed by atoms with van der Waals surface area (Å²) in [5.41, 5.74) is 1.61. The number of H-pyrrole nitrogens is 1. The average molecular weight is 566 g/mol. The highest BCUT2D eigenvalue weighted by Crippen LogP contribution is 2.36. The number of nitrogens with one attached hydrogen (secondary N) is 2. The molecule has 3 fully saturated rings. The normalized spacial score (nSPS) is 25.2. The zero-order valence-electron chi connectivity index (χ0n) is 23.2. The van der Waals surface area contributed by atoms with E-state index in [1.807, 2.05) is 6.92 Å². The fourth-order valence-electron chi connectivity index (χ4n) is 5.50. The molecule has 1 unspecified atom stereocenters. The molecule has 218 valence electrons. The van der Waals surface area contributed by atoms with Gasteiger partial charge in [-0.25, -0.2) is 14.4 Å². The predicted molar refractivity (Wildman–Crippen MR) is 147 cm³/mol. The van der Waals surface area contributed by atoms with Gasteiger partial charge in [0.25, 0.3) is 0 Å². The van der Waals surface area contributed by atoms with Crippen molar-refractivity contribution in [2.75, 3.05) is 26.4 Å². The minimum absolute atomic E-state index is 0.0579. The number of rotatable bonds is 8. The number of ether oxygens (including phenoxy) is 4. The Hall–Kier alpha value is -3.41. The Bertz CT molecular complexity index is 1330. The Labute approximate surface area is 238 Å². The van der Waals surface area contributed by atoms with Gasteiger partial charge in [-0.15, -0.1) is 0 Å². The summed E-state index contributed by atoms with van der Waals surface area (Å²) < 4.78 is 37.5. The molecule has 6 rings (SSSR count). The molecule has 1 aliphatic carbocycles. The van der Waals surface area contributed by atoms with Crippen LogP contribution in [0.4, 0.5) is 4.39 Å². The van der Waals surface area contributed by atoms with Crippen molar-refractivity contribution in [1.82, 2.24) is 25.3 Å². The van der Waals surface area contributed by atoms with Crippen LogP contribution in [0.15, 0.2) is 36.5 Å². The van der Waals surface area contributed by atoms with Crippen molar-refractivity contribution in [2.24, 2.45) is 5.41 Å². The average Bonchev–Trinajstić information content (AvgIpc) is 3.68. The molecule has 2 N–H and O–H groups in total. The smallest absolute Gasteiger partial charge is 0.317 e. The monoisotopic (exact) mass is 565 g/mol. The lowest BCUT2D eigenvalue weighted by Crippen LogP contribution is -2.49. The summed E-state index contributed by atoms with van der Waals surface area (Å²) in [6.45, 7) is 3.35. The standard InChI is InChI=1S/C30H36FN5O5/c1-30(28(37)33-16-22-8-5-15-38-22)17-39-27(40-18-30)26-35-24(19-9-11-20(31)12-10-19)25(36-26)23-13-14-32-29(34-23)41-21-6-3-2-4-7-21/h9-14,21-22,27H,2-8,15-18H2,1H3,(H,33,37)(H,35,36). The molecule has 1 amide bonds. The SMILES string of the molecule is CC1(C(=O)NCC2CCCO2)COC(c2nc(-c3ccc(F)cc3)c(-c3ccnc(OC4CCCCC4)n3)[nH]2)OC1. The summed E-state index contributed by atoms with van der Waals surface area (Å²) in [6, 6.07) is 8.19. The van der Waals surface area contributed by atoms with Gasteiger partial charge in [0.2, 0.25) is 12.2 Å². The lowest BCUT2D eigenvalue weighted by molar-refractivity contribution is -0.231. The summed E-state index contributed by atoms with van der Waals surface area (Å²) in [6.07, 6.45) is 8.45. The van der Waals surface area contributed by atoms with E-state index in [4.69, 9.17) is 23.9 Å². The van der Waals surface area contributed by atoms with Crippen LogP contribution in [-0.4, -0.2) is 64.4 Å². The van der Waals surface area contributed by atoms with Gasteiger partial charge >= 0.3 is 6.01 Å². The van der Waals surface area contributed by atoms with Crippen LogP contribution in [0, 0.1) is 11.2 Å². The first kappa shape index (κ1) is 27.7. The number of hydrogen-bond acceptors (Lipinski definition) is 8. The number of aromatic nitrogens is 4. The number of hydrogen-bond donors (Lipinski definition) is 2. The van der Waals surface area contributed by atoms with Gasteiger partial charge in [0.05, 0.1) is 41.8 Å². The summed E-state index contributed by atoms with van der Waals surface area (Å²) >= 11 is 0. The first-order valence-corrected chi connectivity index (χ1v) is 14.5. The van der Waals surface area contributed by atoms with Crippen LogP contribution in [0.25, 0.3) is 22.6 Å². The number of amides is 1. The van der Waals surface area contributed by atoms with Crippen molar-refractivity contribution >= 4 is 5.91 Å². The van der Waals surface area contributed by atoms with E-state index in [9.17, 15) is 9.18 Å². The van der Waals surface area contributed by atoms with Crippen molar-refractivity contribution in [1.29, 1.82) is 0 Å². The van der Waals surface area contributed by atoms with Crippen molar-refractivity contribution in [3.8, 4) is 28.7 Å². The van der Waals surface area contributed by atoms with Gasteiger partial charge in [-0.2, -0.15) is 4.98 Å². The summed E-state index contributed by atoms with van der Waals surface area (Å²) in [5.74, 6) is -0.0492. The first-order chi connectivity index (χ1) is 20.0. The van der Waals surface area contributed by atoms with Gasteiger partial charge < -0.3 is 29.2 Å². The molecule has 0 bridgehead atoms. The summed E-state index contributed by atoms with van der Waals surface area (Å²) in [5, 5.41) is 2.98. The van der Waals surface area contributed by atoms with E-state index >= 15 is 0 Å². The van der Waals surface area contributed by atoms with Crippen LogP contribution in [-0.2, 0) is 19.0 Å². The molecule has 11 heteroatoms. The lowest BCUT2D eigenvalue weighted by atomic mass is 9.91. The van der Waals surface area contributed by atoms with Crippen molar-refractivity contribution in [2.45, 2.75) is 70.4 Å². The molecule has 2 aliphatic heterocycles. The quantitative estimate of drug-likeness (QED) is 0.402. The molecular formula is C30H36FN5O5. The molecule has 0 spiro atoms. The molecule has 10 nitrogen and oxygen atoms in total. The van der Waals surface area contributed by atoms with Crippen molar-refractivity contribution < 1.29 is 28.1 Å². The van der Waals surface area contributed by atoms with Gasteiger partial charge in [-0.1, -0.05) is 6.42 Å². The molecule has 41 heavy (non-hydrogen) atoms. The zero-order valence-corrected chi connectivity index (χ0v) is 23.2. The van der Waals surface area contributed by atoms with E-state index in [1.165, 1.54) is 18.6 Å². The Morgan fingerprint density at radius 1 is 1.05 bits per heavy atom. The molecule has 4 heterocycles. The number of carbonyl (C=O) groups is 1. The Morgan fingerprint density at radius 3 is 2.56 bits per heavy atom. The second kappa shape index (κ2) is 12.2. The third kappa shape index (κ3) is 6.42. The van der Waals surface area contributed by atoms with Crippen LogP contribution in [0.1, 0.15) is 64.0 Å². The predicted octanol–water partition coefficient (Wildman–Crippen LogP) is 4.73. The second-order valence-corrected chi connectivity index (χ2v) is 11.3. The highest BCUT2D eigenvalue weighted by molar-refractivity contribution is 5.82. The van der Waals surface area contributed by atoms with Crippen LogP contribution in [0.2, 0.25) is 0 Å². The van der Waals surface area contributed by atoms with Gasteiger partial charge in [-0.3, -0.25) is 4.79 Å². The molecule has 1 saturated carbocycles. The number of benzene rings is 1. The van der Waals surface area contributed by atoms with Gasteiger partial charge in [-0.05, 0) is 75.8 Å². The molecule has 2 saturated heterocycles. The largest absolute Gasteiger partial charge is 0.460 e. The number of carbonyl (C=O) groups excluding carboxylic acids is 1. The Balaban J connectivity index is 1.21. The number of halogens is 1. The molecular weight excluding hydrogens is 529 g/mol. The highest BCUT2D eigenvalue weighted by atomic mass is 19.1. The number of nitrogens with zero attached hydrogens (tertiary/aromatic N) is 3. The van der Waals surface area contributed by atoms with E-state index in [-0.39, 0.29) is 37.1 Å². The fourth-order valence-corrected chi connectivity index (χ4v) is 5.50. The van der Waals surface area contributed by atoms with E-state index in [0.717, 1.165) is 45.1 Å². The van der Waals surface area contributed by atoms with Gasteiger partial charge in [0.1, 0.15) is 11.9 Å². The van der Waals surface area contributed by atoms with E-state index in [1.54, 1.807) is 24.4 Å². The fraction of sp³-hybridized carbons (Fsp3) is 0.533.